The summed E-state index contributed by atoms with van der Waals surface area (Å²) in [4.78, 5) is 49.3. The molecular formula is C45H59FO12. The van der Waals surface area contributed by atoms with Crippen LogP contribution in [0, 0.1) is 51.2 Å². The van der Waals surface area contributed by atoms with Crippen molar-refractivity contribution in [3.63, 3.8) is 0 Å². The Morgan fingerprint density at radius 1 is 0.776 bits per heavy atom. The van der Waals surface area contributed by atoms with Crippen LogP contribution in [-0.4, -0.2) is 114 Å². The van der Waals surface area contributed by atoms with E-state index in [1.54, 1.807) is 39.8 Å². The number of hydrogen-bond acceptors (Lipinski definition) is 12. The highest BCUT2D eigenvalue weighted by Crippen LogP contribution is 2.72. The predicted molar refractivity (Wildman–Crippen MR) is 205 cm³/mol. The molecule has 0 unspecified atom stereocenters. The third-order valence-electron chi connectivity index (χ3n) is 17.5. The zero-order chi connectivity index (χ0) is 42.4. The Bertz CT molecular complexity index is 1950. The number of halogens is 1. The number of ether oxygens (including phenoxy) is 2. The van der Waals surface area contributed by atoms with Crippen LogP contribution in [-0.2, 0) is 28.7 Å². The van der Waals surface area contributed by atoms with Crippen LogP contribution in [0.3, 0.4) is 0 Å². The van der Waals surface area contributed by atoms with Gasteiger partial charge in [0.25, 0.3) is 0 Å². The number of ketones is 4. The van der Waals surface area contributed by atoms with Gasteiger partial charge in [0.2, 0.25) is 0 Å². The number of aliphatic hydroxyl groups excluding tert-OH is 5. The summed E-state index contributed by atoms with van der Waals surface area (Å²) < 4.78 is 29.3. The van der Waals surface area contributed by atoms with E-state index in [4.69, 9.17) is 9.47 Å². The molecule has 12 nitrogen and oxygen atoms in total. The topological polar surface area (TPSA) is 208 Å². The lowest BCUT2D eigenvalue weighted by molar-refractivity contribution is -0.225. The molecule has 0 aromatic rings. The number of rotatable bonds is 4. The van der Waals surface area contributed by atoms with Crippen molar-refractivity contribution in [2.24, 2.45) is 51.2 Å². The van der Waals surface area contributed by atoms with Crippen LogP contribution in [0.15, 0.2) is 47.6 Å². The third-order valence-corrected chi connectivity index (χ3v) is 17.5. The molecule has 13 heteroatoms. The number of aliphatic hydroxyl groups is 6. The van der Waals surface area contributed by atoms with Gasteiger partial charge < -0.3 is 40.1 Å². The van der Waals surface area contributed by atoms with Gasteiger partial charge in [-0.25, -0.2) is 4.39 Å². The van der Waals surface area contributed by atoms with Gasteiger partial charge in [-0.2, -0.15) is 0 Å². The number of alkyl halides is 1. The summed E-state index contributed by atoms with van der Waals surface area (Å²) in [6.45, 7) is 9.52. The Kier molecular flexibility index (Phi) is 9.50. The van der Waals surface area contributed by atoms with Crippen molar-refractivity contribution >= 4 is 23.1 Å². The van der Waals surface area contributed by atoms with E-state index >= 15 is 4.39 Å². The van der Waals surface area contributed by atoms with E-state index < -0.39 is 94.2 Å². The smallest absolute Gasteiger partial charge is 0.193 e. The number of hydrogen-bond donors (Lipinski definition) is 6. The summed E-state index contributed by atoms with van der Waals surface area (Å²) in [7, 11) is 0. The number of carbonyl (C=O) groups is 4. The largest absolute Gasteiger partial charge is 0.393 e. The maximum Gasteiger partial charge on any atom is 0.193 e. The summed E-state index contributed by atoms with van der Waals surface area (Å²) in [5.74, 6) is -3.33. The van der Waals surface area contributed by atoms with Crippen LogP contribution in [0.5, 0.6) is 0 Å². The van der Waals surface area contributed by atoms with Crippen molar-refractivity contribution in [3.8, 4) is 0 Å². The number of fused-ring (bicyclic) bond motifs is 12. The number of carbonyl (C=O) groups excluding carboxylic acids is 4. The average Bonchev–Trinajstić information content (AvgIpc) is 3.66. The van der Waals surface area contributed by atoms with Gasteiger partial charge in [-0.1, -0.05) is 44.1 Å². The molecule has 1 saturated heterocycles. The average molecular weight is 811 g/mol. The number of allylic oxidation sites excluding steroid dienone is 8. The molecule has 9 aliphatic rings. The maximum atomic E-state index is 16.8. The van der Waals surface area contributed by atoms with Gasteiger partial charge >= 0.3 is 0 Å². The van der Waals surface area contributed by atoms with Crippen LogP contribution in [0.25, 0.3) is 0 Å². The zero-order valence-electron chi connectivity index (χ0n) is 34.2. The van der Waals surface area contributed by atoms with Crippen LogP contribution in [0.1, 0.15) is 92.9 Å². The van der Waals surface area contributed by atoms with Gasteiger partial charge in [-0.05, 0) is 114 Å². The molecule has 9 rings (SSSR count). The predicted octanol–water partition coefficient (Wildman–Crippen LogP) is 2.95. The summed E-state index contributed by atoms with van der Waals surface area (Å²) in [6.07, 6.45) is 8.97. The fourth-order valence-corrected chi connectivity index (χ4v) is 14.9. The van der Waals surface area contributed by atoms with Crippen LogP contribution in [0.4, 0.5) is 4.39 Å². The Balaban J connectivity index is 0.000000162. The van der Waals surface area contributed by atoms with Crippen molar-refractivity contribution in [2.45, 2.75) is 140 Å². The lowest BCUT2D eigenvalue weighted by atomic mass is 9.44. The van der Waals surface area contributed by atoms with Gasteiger partial charge in [-0.3, -0.25) is 19.2 Å². The summed E-state index contributed by atoms with van der Waals surface area (Å²) in [5, 5.41) is 63.4. The minimum atomic E-state index is -2.23. The normalized spacial score (nSPS) is 51.7. The quantitative estimate of drug-likeness (QED) is 0.243. The fourth-order valence-electron chi connectivity index (χ4n) is 14.9. The highest BCUT2D eigenvalue weighted by atomic mass is 19.1. The Morgan fingerprint density at radius 3 is 2.05 bits per heavy atom. The minimum Gasteiger partial charge on any atom is -0.393 e. The molecule has 8 aliphatic carbocycles. The van der Waals surface area contributed by atoms with E-state index in [1.165, 1.54) is 18.2 Å². The number of Topliss-reactive ketones (excluding diaryl/α,β-unsaturated/α-hetero) is 2. The summed E-state index contributed by atoms with van der Waals surface area (Å²) >= 11 is 0. The first-order chi connectivity index (χ1) is 26.9. The molecule has 0 aromatic carbocycles. The van der Waals surface area contributed by atoms with E-state index in [2.05, 4.69) is 6.92 Å². The minimum absolute atomic E-state index is 0.0135. The molecule has 0 aromatic heterocycles. The lowest BCUT2D eigenvalue weighted by Crippen LogP contribution is -2.69. The molecule has 318 valence electrons. The molecule has 6 N–H and O–H groups in total. The second kappa shape index (κ2) is 13.1. The first-order valence-electron chi connectivity index (χ1n) is 21.0. The van der Waals surface area contributed by atoms with Gasteiger partial charge in [0.05, 0.1) is 24.4 Å². The van der Waals surface area contributed by atoms with Crippen LogP contribution >= 0.6 is 0 Å². The van der Waals surface area contributed by atoms with E-state index in [1.807, 2.05) is 13.0 Å². The van der Waals surface area contributed by atoms with E-state index in [9.17, 15) is 49.8 Å². The first kappa shape index (κ1) is 42.0. The van der Waals surface area contributed by atoms with Gasteiger partial charge in [0.15, 0.2) is 45.8 Å². The molecule has 0 radical (unpaired) electrons. The van der Waals surface area contributed by atoms with Gasteiger partial charge in [0.1, 0.15) is 13.2 Å². The summed E-state index contributed by atoms with van der Waals surface area (Å²) in [5.41, 5.74) is -7.24. The molecular weight excluding hydrogens is 751 g/mol. The molecule has 16 atom stereocenters. The van der Waals surface area contributed by atoms with Crippen LogP contribution in [0.2, 0.25) is 0 Å². The van der Waals surface area contributed by atoms with Crippen LogP contribution < -0.4 is 0 Å². The molecule has 0 amide bonds. The van der Waals surface area contributed by atoms with Gasteiger partial charge in [0, 0.05) is 33.5 Å². The molecule has 6 saturated carbocycles. The van der Waals surface area contributed by atoms with E-state index in [-0.39, 0.29) is 53.4 Å². The Morgan fingerprint density at radius 2 is 1.40 bits per heavy atom. The molecule has 1 heterocycles. The molecule has 7 fully saturated rings. The van der Waals surface area contributed by atoms with E-state index in [0.29, 0.717) is 31.3 Å². The van der Waals surface area contributed by atoms with E-state index in [0.717, 1.165) is 18.4 Å². The zero-order valence-corrected chi connectivity index (χ0v) is 34.2. The molecule has 58 heavy (non-hydrogen) atoms. The second-order valence-corrected chi connectivity index (χ2v) is 20.2. The Labute approximate surface area is 338 Å². The maximum absolute atomic E-state index is 16.8. The lowest BCUT2D eigenvalue weighted by Gasteiger charge is -2.62. The van der Waals surface area contributed by atoms with Gasteiger partial charge in [-0.15, -0.1) is 0 Å². The highest BCUT2D eigenvalue weighted by Gasteiger charge is 2.78. The van der Waals surface area contributed by atoms with Crippen molar-refractivity contribution in [1.82, 2.24) is 0 Å². The Hall–Kier alpha value is -2.75. The monoisotopic (exact) mass is 810 g/mol. The SMILES string of the molecule is CC1(C)O[C@@H]2C[C@H]3[C@@H]4CCC5=CC(=O)C=C[C@]5(C)[C@H]4[C@@H](O)C[C@]3(C)[C@]2(C(=O)CO)O1.C[C@]12C=CC(=O)C=C1CC[C@H]1[C@@H]3C[C@@H](O)[C@](O)(C(=O)CO)[C@@]3(C)C[C@H](O)[C@@]12F. The van der Waals surface area contributed by atoms with Crippen molar-refractivity contribution in [2.75, 3.05) is 13.2 Å². The summed E-state index contributed by atoms with van der Waals surface area (Å²) in [6, 6.07) is 0. The molecule has 1 aliphatic heterocycles. The third kappa shape index (κ3) is 5.07. The fraction of sp³-hybridized carbons (Fsp3) is 0.733. The molecule has 0 spiro atoms. The van der Waals surface area contributed by atoms with Crippen molar-refractivity contribution in [1.29, 1.82) is 0 Å². The highest BCUT2D eigenvalue weighted by molar-refractivity contribution is 6.02. The molecule has 0 bridgehead atoms. The first-order valence-corrected chi connectivity index (χ1v) is 21.0. The van der Waals surface area contributed by atoms with Crippen molar-refractivity contribution in [3.05, 3.63) is 47.6 Å². The standard InChI is InChI=1S/C24H32O6.C21H27FO6/c1-21(2)29-19-10-16-15-6-5-13-9-14(26)7-8-22(13,3)20(15)17(27)11-23(16,4)24(19,30-21)18(28)12-25;1-18-6-5-12(24)7-11(18)3-4-13-14-8-15(25)21(28,17(27)10-23)19(14,2)9-16(26)20(13,18)22/h7-9,15-17,19-20,25,27H,5-6,10-12H2,1-4H3;5-7,13-16,23,25-26,28H,3-4,8-10H2,1-2H3/t15-,16-,17-,19+,20+,22-,23-,24+;13-,14-,15+,16-,18-,19-,20-,21-/m00/s1. The van der Waals surface area contributed by atoms with Crippen molar-refractivity contribution < 1.29 is 63.7 Å². The second-order valence-electron chi connectivity index (χ2n) is 20.2.